The third kappa shape index (κ3) is 6.62. The molecule has 2 heterocycles. The number of carbonyl (C=O) groups excluding carboxylic acids is 1. The topological polar surface area (TPSA) is 234 Å². The number of ether oxygens (including phenoxy) is 3. The highest BCUT2D eigenvalue weighted by atomic mass is 19.4. The van der Waals surface area contributed by atoms with E-state index in [4.69, 9.17) is 14.2 Å². The lowest BCUT2D eigenvalue weighted by Crippen LogP contribution is -2.67. The summed E-state index contributed by atoms with van der Waals surface area (Å²) in [5.74, 6) is -2.11. The number of carbonyl (C=O) groups is 1. The molecule has 3 rings (SSSR count). The Morgan fingerprint density at radius 2 is 1.54 bits per heavy atom. The Morgan fingerprint density at radius 3 is 2.02 bits per heavy atom. The number of halogens is 3. The van der Waals surface area contributed by atoms with Gasteiger partial charge in [0.05, 0.1) is 18.8 Å². The van der Waals surface area contributed by atoms with E-state index in [1.807, 2.05) is 0 Å². The van der Waals surface area contributed by atoms with Crippen LogP contribution in [0.2, 0.25) is 0 Å². The van der Waals surface area contributed by atoms with Gasteiger partial charge in [-0.05, 0) is 31.2 Å². The van der Waals surface area contributed by atoms with Crippen molar-refractivity contribution in [3.63, 3.8) is 0 Å². The lowest BCUT2D eigenvalue weighted by molar-refractivity contribution is -0.341. The number of hydrogen-bond acceptors (Lipinski definition) is 13. The number of anilines is 1. The number of nitrogens with zero attached hydrogens (tertiary/aromatic N) is 2. The molecule has 1 aromatic rings. The second-order valence-electron chi connectivity index (χ2n) is 9.32. The van der Waals surface area contributed by atoms with Crippen LogP contribution in [0.4, 0.5) is 18.9 Å². The van der Waals surface area contributed by atoms with E-state index >= 15 is 0 Å². The van der Waals surface area contributed by atoms with E-state index in [9.17, 15) is 64.1 Å². The normalized spacial score (nSPS) is 34.9. The van der Waals surface area contributed by atoms with E-state index in [1.54, 1.807) is 0 Å². The van der Waals surface area contributed by atoms with Crippen molar-refractivity contribution < 1.29 is 73.0 Å². The van der Waals surface area contributed by atoms with Crippen LogP contribution in [0.3, 0.4) is 0 Å². The summed E-state index contributed by atoms with van der Waals surface area (Å²) in [4.78, 5) is 13.8. The molecular formula is C24H29F3N2O12. The maximum absolute atomic E-state index is 13.3. The lowest BCUT2D eigenvalue weighted by Gasteiger charge is -2.48. The van der Waals surface area contributed by atoms with Gasteiger partial charge in [-0.1, -0.05) is 0 Å². The van der Waals surface area contributed by atoms with E-state index in [1.165, 1.54) is 6.07 Å². The number of allylic oxidation sites excluding steroid dienone is 1. The molecule has 1 amide bonds. The number of alkyl halides is 3. The van der Waals surface area contributed by atoms with Crippen LogP contribution in [0.15, 0.2) is 35.6 Å². The molecule has 0 bridgehead atoms. The molecule has 228 valence electrons. The molecule has 0 aliphatic carbocycles. The van der Waals surface area contributed by atoms with E-state index < -0.39 is 104 Å². The first kappa shape index (κ1) is 32.6. The van der Waals surface area contributed by atoms with Gasteiger partial charge in [0.1, 0.15) is 60.7 Å². The minimum Gasteiger partial charge on any atom is -0.511 e. The van der Waals surface area contributed by atoms with Crippen LogP contribution in [-0.2, 0) is 25.2 Å². The predicted octanol–water partition coefficient (Wildman–Crippen LogP) is -1.98. The van der Waals surface area contributed by atoms with Gasteiger partial charge in [0.15, 0.2) is 18.1 Å². The summed E-state index contributed by atoms with van der Waals surface area (Å²) >= 11 is 0. The van der Waals surface area contributed by atoms with Gasteiger partial charge in [-0.3, -0.25) is 9.69 Å². The quantitative estimate of drug-likeness (QED) is 0.0972. The first-order valence-corrected chi connectivity index (χ1v) is 12.1. The Kier molecular flexibility index (Phi) is 10.3. The molecule has 10 atom stereocenters. The largest absolute Gasteiger partial charge is 0.511 e. The van der Waals surface area contributed by atoms with Gasteiger partial charge < -0.3 is 55.1 Å². The van der Waals surface area contributed by atoms with Crippen LogP contribution in [0.5, 0.6) is 0 Å². The number of hydrogen-bond donors (Lipinski definition) is 8. The van der Waals surface area contributed by atoms with Crippen molar-refractivity contribution in [2.75, 3.05) is 18.1 Å². The first-order valence-electron chi connectivity index (χ1n) is 12.1. The summed E-state index contributed by atoms with van der Waals surface area (Å²) in [5.41, 5.74) is -2.34. The molecule has 0 saturated carbocycles. The van der Waals surface area contributed by atoms with E-state index in [2.05, 4.69) is 0 Å². The summed E-state index contributed by atoms with van der Waals surface area (Å²) in [6, 6.07) is 4.26. The highest BCUT2D eigenvalue weighted by molar-refractivity contribution is 6.08. The molecule has 41 heavy (non-hydrogen) atoms. The van der Waals surface area contributed by atoms with Crippen molar-refractivity contribution in [3.05, 3.63) is 41.2 Å². The molecule has 0 aromatic heterocycles. The average Bonchev–Trinajstić information content (AvgIpc) is 2.92. The zero-order valence-corrected chi connectivity index (χ0v) is 21.2. The van der Waals surface area contributed by atoms with Crippen molar-refractivity contribution in [3.8, 4) is 6.07 Å². The van der Waals surface area contributed by atoms with Gasteiger partial charge in [0.25, 0.3) is 5.91 Å². The molecule has 2 aliphatic heterocycles. The second kappa shape index (κ2) is 13.0. The molecule has 2 saturated heterocycles. The maximum atomic E-state index is 13.3. The molecule has 1 aromatic carbocycles. The van der Waals surface area contributed by atoms with E-state index in [-0.39, 0.29) is 5.69 Å². The maximum Gasteiger partial charge on any atom is 0.416 e. The molecule has 1 unspecified atom stereocenters. The van der Waals surface area contributed by atoms with Crippen LogP contribution in [0, 0.1) is 11.3 Å². The number of benzene rings is 1. The zero-order valence-electron chi connectivity index (χ0n) is 21.2. The van der Waals surface area contributed by atoms with Crippen molar-refractivity contribution in [2.45, 2.75) is 74.4 Å². The lowest BCUT2D eigenvalue weighted by atomic mass is 9.95. The number of amides is 1. The predicted molar refractivity (Wildman–Crippen MR) is 126 cm³/mol. The molecule has 0 spiro atoms. The third-order valence-corrected chi connectivity index (χ3v) is 6.61. The molecule has 0 radical (unpaired) electrons. The smallest absolute Gasteiger partial charge is 0.416 e. The minimum atomic E-state index is -4.75. The summed E-state index contributed by atoms with van der Waals surface area (Å²) in [6.45, 7) is -0.807. The molecule has 8 N–H and O–H groups in total. The Labute approximate surface area is 230 Å². The summed E-state index contributed by atoms with van der Waals surface area (Å²) in [7, 11) is 0. The Bertz CT molecular complexity index is 1140. The fraction of sp³-hybridized carbons (Fsp3) is 0.583. The van der Waals surface area contributed by atoms with Crippen LogP contribution < -0.4 is 4.90 Å². The fourth-order valence-corrected chi connectivity index (χ4v) is 4.38. The first-order chi connectivity index (χ1) is 19.2. The van der Waals surface area contributed by atoms with Gasteiger partial charge in [-0.15, -0.1) is 0 Å². The third-order valence-electron chi connectivity index (χ3n) is 6.61. The van der Waals surface area contributed by atoms with Crippen LogP contribution >= 0.6 is 0 Å². The van der Waals surface area contributed by atoms with Gasteiger partial charge in [-0.25, -0.2) is 0 Å². The Hall–Kier alpha value is -2.89. The fourth-order valence-electron chi connectivity index (χ4n) is 4.38. The standard InChI is InChI=1S/C24H29F3N2O12/c1-9(32)12(6-28)21(38)29(11-4-2-10(3-5-11)24(25,26)27)22-18(36)17(35)20(14(8-31)39-22)41-23-19(37)16(34)15(33)13(7-30)40-23/h2-5,13-20,22-23,30-37H,7-8H2,1H3/b12-9-/t13-,14-,15+,16+,17?,18-,19-,20-,22-,23+/m1/s1. The Balaban J connectivity index is 1.98. The zero-order chi connectivity index (χ0) is 30.8. The summed E-state index contributed by atoms with van der Waals surface area (Å²) in [5, 5.41) is 90.7. The van der Waals surface area contributed by atoms with Crippen molar-refractivity contribution >= 4 is 11.6 Å². The SMILES string of the molecule is C/C(O)=C(\C#N)C(=O)N(c1ccc(C(F)(F)F)cc1)[C@@H]1O[C@H](CO)[C@@H](O[C@@H]2O[C@H](CO)[C@H](O)[C@H](O)[C@H]2O)C(O)[C@H]1O. The number of aliphatic hydroxyl groups is 8. The number of rotatable bonds is 7. The van der Waals surface area contributed by atoms with Gasteiger partial charge in [-0.2, -0.15) is 18.4 Å². The van der Waals surface area contributed by atoms with Crippen LogP contribution in [0.1, 0.15) is 12.5 Å². The van der Waals surface area contributed by atoms with Gasteiger partial charge >= 0.3 is 6.18 Å². The van der Waals surface area contributed by atoms with E-state index in [0.717, 1.165) is 19.1 Å². The summed E-state index contributed by atoms with van der Waals surface area (Å²) in [6.07, 6.45) is -23.1. The van der Waals surface area contributed by atoms with Gasteiger partial charge in [0.2, 0.25) is 0 Å². The average molecular weight is 594 g/mol. The summed E-state index contributed by atoms with van der Waals surface area (Å²) < 4.78 is 55.6. The second-order valence-corrected chi connectivity index (χ2v) is 9.32. The minimum absolute atomic E-state index is 0.363. The molecule has 2 aliphatic rings. The number of nitriles is 1. The van der Waals surface area contributed by atoms with Crippen molar-refractivity contribution in [2.24, 2.45) is 0 Å². The highest BCUT2D eigenvalue weighted by Gasteiger charge is 2.52. The van der Waals surface area contributed by atoms with Gasteiger partial charge in [0, 0.05) is 5.69 Å². The van der Waals surface area contributed by atoms with Crippen LogP contribution in [0.25, 0.3) is 0 Å². The monoisotopic (exact) mass is 594 g/mol. The molecule has 14 nitrogen and oxygen atoms in total. The molecule has 2 fully saturated rings. The molecule has 17 heteroatoms. The Morgan fingerprint density at radius 1 is 0.951 bits per heavy atom. The van der Waals surface area contributed by atoms with Crippen molar-refractivity contribution in [1.82, 2.24) is 0 Å². The highest BCUT2D eigenvalue weighted by Crippen LogP contribution is 2.35. The van der Waals surface area contributed by atoms with Crippen molar-refractivity contribution in [1.29, 1.82) is 5.26 Å². The number of aliphatic hydroxyl groups excluding tert-OH is 8. The molecular weight excluding hydrogens is 565 g/mol. The van der Waals surface area contributed by atoms with Crippen LogP contribution in [-0.4, -0.2) is 121 Å². The van der Waals surface area contributed by atoms with E-state index in [0.29, 0.717) is 17.0 Å².